The van der Waals surface area contributed by atoms with Gasteiger partial charge in [0.15, 0.2) is 28.6 Å². The molecular weight excluding hydrogens is 464 g/mol. The maximum Gasteiger partial charge on any atom is 0.341 e. The minimum atomic E-state index is -0.434. The minimum Gasteiger partial charge on any atom is -0.485 e. The Bertz CT molecular complexity index is 1190. The van der Waals surface area contributed by atoms with Gasteiger partial charge in [-0.3, -0.25) is 4.79 Å². The summed E-state index contributed by atoms with van der Waals surface area (Å²) in [6, 6.07) is 7.46. The van der Waals surface area contributed by atoms with Crippen LogP contribution in [0.1, 0.15) is 39.7 Å². The first kappa shape index (κ1) is 23.1. The Labute approximate surface area is 199 Å². The summed E-state index contributed by atoms with van der Waals surface area (Å²) in [5, 5.41) is 12.4. The number of thioether (sulfide) groups is 1. The lowest BCUT2D eigenvalue weighted by atomic mass is 10.1. The van der Waals surface area contributed by atoms with Crippen LogP contribution >= 0.6 is 23.1 Å². The third-order valence-electron chi connectivity index (χ3n) is 5.12. The lowest BCUT2D eigenvalue weighted by molar-refractivity contribution is -0.113. The number of aromatic nitrogens is 3. The van der Waals surface area contributed by atoms with Crippen LogP contribution in [0.3, 0.4) is 0 Å². The fraction of sp³-hybridized carbons (Fsp3) is 0.364. The van der Waals surface area contributed by atoms with Crippen LogP contribution in [0.2, 0.25) is 0 Å². The number of rotatable bonds is 7. The summed E-state index contributed by atoms with van der Waals surface area (Å²) in [6.07, 6.45) is -0.398. The molecule has 0 fully saturated rings. The van der Waals surface area contributed by atoms with Gasteiger partial charge >= 0.3 is 5.97 Å². The van der Waals surface area contributed by atoms with Crippen LogP contribution in [0.4, 0.5) is 5.00 Å². The molecule has 0 bridgehead atoms. The zero-order chi connectivity index (χ0) is 23.5. The molecule has 1 aliphatic rings. The van der Waals surface area contributed by atoms with Gasteiger partial charge in [0.25, 0.3) is 0 Å². The normalized spacial score (nSPS) is 14.7. The van der Waals surface area contributed by atoms with Crippen molar-refractivity contribution >= 4 is 40.0 Å². The van der Waals surface area contributed by atoms with Gasteiger partial charge in [-0.2, -0.15) is 0 Å². The summed E-state index contributed by atoms with van der Waals surface area (Å²) in [7, 11) is 1.82. The number of fused-ring (bicyclic) bond motifs is 1. The van der Waals surface area contributed by atoms with Crippen molar-refractivity contribution < 1.29 is 23.8 Å². The SMILES string of the molecule is CCOC(=O)c1c(NC(=O)CSc2nnc(C3COc4ccccc4O3)n2C)sc(C)c1C. The highest BCUT2D eigenvalue weighted by atomic mass is 32.2. The number of ether oxygens (including phenoxy) is 3. The molecule has 0 spiro atoms. The fourth-order valence-corrected chi connectivity index (χ4v) is 5.12. The minimum absolute atomic E-state index is 0.106. The molecule has 4 rings (SSSR count). The van der Waals surface area contributed by atoms with E-state index in [1.165, 1.54) is 23.1 Å². The molecule has 0 saturated heterocycles. The van der Waals surface area contributed by atoms with Crippen LogP contribution in [-0.2, 0) is 16.6 Å². The van der Waals surface area contributed by atoms with Gasteiger partial charge in [0.1, 0.15) is 11.6 Å². The van der Waals surface area contributed by atoms with E-state index in [2.05, 4.69) is 15.5 Å². The largest absolute Gasteiger partial charge is 0.485 e. The Kier molecular flexibility index (Phi) is 6.89. The Balaban J connectivity index is 1.40. The Hall–Kier alpha value is -3.05. The van der Waals surface area contributed by atoms with Gasteiger partial charge < -0.3 is 24.1 Å². The highest BCUT2D eigenvalue weighted by molar-refractivity contribution is 7.99. The number of nitrogens with one attached hydrogen (secondary N) is 1. The van der Waals surface area contributed by atoms with Crippen LogP contribution in [0.5, 0.6) is 11.5 Å². The molecule has 0 saturated carbocycles. The second-order valence-electron chi connectivity index (χ2n) is 7.31. The van der Waals surface area contributed by atoms with E-state index in [0.29, 0.717) is 39.7 Å². The van der Waals surface area contributed by atoms with Crippen LogP contribution in [0, 0.1) is 13.8 Å². The molecule has 33 heavy (non-hydrogen) atoms. The maximum atomic E-state index is 12.6. The van der Waals surface area contributed by atoms with E-state index in [1.54, 1.807) is 11.5 Å². The molecule has 0 aliphatic carbocycles. The molecular formula is C22H24N4O5S2. The third kappa shape index (κ3) is 4.83. The van der Waals surface area contributed by atoms with Crippen LogP contribution in [-0.4, -0.2) is 45.6 Å². The lowest BCUT2D eigenvalue weighted by Crippen LogP contribution is -2.24. The van der Waals surface area contributed by atoms with Crippen molar-refractivity contribution in [2.24, 2.45) is 7.05 Å². The summed E-state index contributed by atoms with van der Waals surface area (Å²) in [5.74, 6) is 1.39. The second kappa shape index (κ2) is 9.84. The van der Waals surface area contributed by atoms with E-state index in [4.69, 9.17) is 14.2 Å². The molecule has 1 N–H and O–H groups in total. The first-order valence-corrected chi connectivity index (χ1v) is 12.2. The summed E-state index contributed by atoms with van der Waals surface area (Å²) >= 11 is 2.61. The molecule has 9 nitrogen and oxygen atoms in total. The van der Waals surface area contributed by atoms with E-state index in [9.17, 15) is 9.59 Å². The number of amides is 1. The van der Waals surface area contributed by atoms with Gasteiger partial charge in [-0.1, -0.05) is 23.9 Å². The summed E-state index contributed by atoms with van der Waals surface area (Å²) in [4.78, 5) is 25.9. The zero-order valence-electron chi connectivity index (χ0n) is 18.7. The van der Waals surface area contributed by atoms with Gasteiger partial charge in [-0.25, -0.2) is 4.79 Å². The molecule has 1 amide bonds. The monoisotopic (exact) mass is 488 g/mol. The summed E-state index contributed by atoms with van der Waals surface area (Å²) in [6.45, 7) is 6.09. The fourth-order valence-electron chi connectivity index (χ4n) is 3.34. The average molecular weight is 489 g/mol. The smallest absolute Gasteiger partial charge is 0.341 e. The van der Waals surface area contributed by atoms with E-state index in [0.717, 1.165) is 10.4 Å². The highest BCUT2D eigenvalue weighted by Crippen LogP contribution is 2.36. The van der Waals surface area contributed by atoms with Crippen LogP contribution < -0.4 is 14.8 Å². The van der Waals surface area contributed by atoms with E-state index in [1.807, 2.05) is 45.2 Å². The molecule has 2 aromatic heterocycles. The number of benzene rings is 1. The molecule has 1 unspecified atom stereocenters. The number of hydrogen-bond acceptors (Lipinski definition) is 9. The third-order valence-corrected chi connectivity index (χ3v) is 7.26. The standard InChI is InChI=1S/C22H24N4O5S2/c1-5-29-21(28)18-12(2)13(3)33-20(18)23-17(27)11-32-22-25-24-19(26(22)4)16-10-30-14-8-6-7-9-15(14)31-16/h6-9,16H,5,10-11H2,1-4H3,(H,23,27). The maximum absolute atomic E-state index is 12.6. The summed E-state index contributed by atoms with van der Waals surface area (Å²) < 4.78 is 18.7. The van der Waals surface area contributed by atoms with E-state index < -0.39 is 12.1 Å². The average Bonchev–Trinajstić information content (AvgIpc) is 3.30. The second-order valence-corrected chi connectivity index (χ2v) is 9.48. The van der Waals surface area contributed by atoms with E-state index in [-0.39, 0.29) is 18.3 Å². The zero-order valence-corrected chi connectivity index (χ0v) is 20.3. The number of hydrogen-bond donors (Lipinski definition) is 1. The number of nitrogens with zero attached hydrogens (tertiary/aromatic N) is 3. The van der Waals surface area contributed by atoms with Crippen molar-refractivity contribution in [2.75, 3.05) is 24.3 Å². The van der Waals surface area contributed by atoms with Crippen molar-refractivity contribution in [1.29, 1.82) is 0 Å². The number of para-hydroxylation sites is 2. The number of carbonyl (C=O) groups is 2. The summed E-state index contributed by atoms with van der Waals surface area (Å²) in [5.41, 5.74) is 1.23. The van der Waals surface area contributed by atoms with Crippen molar-refractivity contribution in [2.45, 2.75) is 32.0 Å². The predicted octanol–water partition coefficient (Wildman–Crippen LogP) is 3.91. The Morgan fingerprint density at radius 2 is 2.03 bits per heavy atom. The number of esters is 1. The molecule has 174 valence electrons. The van der Waals surface area contributed by atoms with Crippen molar-refractivity contribution in [3.63, 3.8) is 0 Å². The number of carbonyl (C=O) groups excluding carboxylic acids is 2. The van der Waals surface area contributed by atoms with Gasteiger partial charge in [-0.15, -0.1) is 21.5 Å². The van der Waals surface area contributed by atoms with Crippen molar-refractivity contribution in [3.8, 4) is 11.5 Å². The van der Waals surface area contributed by atoms with Crippen LogP contribution in [0.15, 0.2) is 29.4 Å². The van der Waals surface area contributed by atoms with Gasteiger partial charge in [0.05, 0.1) is 17.9 Å². The molecule has 3 heterocycles. The topological polar surface area (TPSA) is 105 Å². The van der Waals surface area contributed by atoms with Gasteiger partial charge in [0.2, 0.25) is 5.91 Å². The Morgan fingerprint density at radius 1 is 1.27 bits per heavy atom. The van der Waals surface area contributed by atoms with Crippen LogP contribution in [0.25, 0.3) is 0 Å². The molecule has 3 aromatic rings. The van der Waals surface area contributed by atoms with Crippen molar-refractivity contribution in [3.05, 3.63) is 46.1 Å². The molecule has 11 heteroatoms. The van der Waals surface area contributed by atoms with Gasteiger partial charge in [0, 0.05) is 11.9 Å². The molecule has 1 aromatic carbocycles. The number of anilines is 1. The lowest BCUT2D eigenvalue weighted by Gasteiger charge is -2.25. The highest BCUT2D eigenvalue weighted by Gasteiger charge is 2.28. The quantitative estimate of drug-likeness (QED) is 0.394. The number of thiophene rings is 1. The predicted molar refractivity (Wildman–Crippen MR) is 125 cm³/mol. The van der Waals surface area contributed by atoms with E-state index >= 15 is 0 Å². The Morgan fingerprint density at radius 3 is 2.79 bits per heavy atom. The van der Waals surface area contributed by atoms with Gasteiger partial charge in [-0.05, 0) is 38.5 Å². The molecule has 1 aliphatic heterocycles. The first-order valence-electron chi connectivity index (χ1n) is 10.4. The molecule has 0 radical (unpaired) electrons. The molecule has 1 atom stereocenters. The number of aryl methyl sites for hydroxylation is 1. The first-order chi connectivity index (χ1) is 15.9. The van der Waals surface area contributed by atoms with Crippen molar-refractivity contribution in [1.82, 2.24) is 14.8 Å².